The molecule has 0 fully saturated rings. The van der Waals surface area contributed by atoms with Crippen molar-refractivity contribution in [3.05, 3.63) is 41.5 Å². The summed E-state index contributed by atoms with van der Waals surface area (Å²) in [4.78, 5) is 0. The molecule has 0 N–H and O–H groups in total. The Labute approximate surface area is 121 Å². The molecule has 0 heteroatoms. The maximum absolute atomic E-state index is 4.09. The fraction of sp³-hybridized carbons (Fsp3) is 0.579. The first-order valence-corrected chi connectivity index (χ1v) is 7.70. The lowest BCUT2D eigenvalue weighted by molar-refractivity contribution is 0.737. The van der Waals surface area contributed by atoms with E-state index < -0.39 is 0 Å². The Morgan fingerprint density at radius 1 is 1.11 bits per heavy atom. The Balaban J connectivity index is 0. The molecule has 0 atom stereocenters. The quantitative estimate of drug-likeness (QED) is 0.570. The van der Waals surface area contributed by atoms with Gasteiger partial charge in [-0.1, -0.05) is 73.2 Å². The van der Waals surface area contributed by atoms with Gasteiger partial charge in [-0.15, -0.1) is 0 Å². The highest BCUT2D eigenvalue weighted by Crippen LogP contribution is 2.23. The van der Waals surface area contributed by atoms with E-state index in [-0.39, 0.29) is 0 Å². The molecule has 1 rings (SSSR count). The van der Waals surface area contributed by atoms with Crippen LogP contribution in [-0.4, -0.2) is 0 Å². The molecule has 0 aliphatic heterocycles. The lowest BCUT2D eigenvalue weighted by Gasteiger charge is -2.11. The average Bonchev–Trinajstić information content (AvgIpc) is 2.39. The van der Waals surface area contributed by atoms with Crippen LogP contribution >= 0.6 is 0 Å². The standard InChI is InChI=1S/C13H18.C4H10.C2H6/c1-5-10(3)13-9-7-8-11(4)12(13)6-2;1-4(2)3;1-2/h7-9H,3,5-6H2,1-2,4H3;4H,1-3H3;1-2H3. The van der Waals surface area contributed by atoms with Crippen LogP contribution in [0.1, 0.15) is 71.6 Å². The molecule has 0 spiro atoms. The number of hydrogen-bond acceptors (Lipinski definition) is 0. The molecule has 0 aliphatic rings. The second kappa shape index (κ2) is 12.0. The second-order valence-corrected chi connectivity index (χ2v) is 5.14. The van der Waals surface area contributed by atoms with Crippen LogP contribution in [-0.2, 0) is 6.42 Å². The lowest BCUT2D eigenvalue weighted by atomic mass is 9.94. The van der Waals surface area contributed by atoms with E-state index in [9.17, 15) is 0 Å². The molecule has 1 aromatic carbocycles. The largest absolute Gasteiger partial charge is 0.0952 e. The molecular weight excluding hydrogens is 228 g/mol. The van der Waals surface area contributed by atoms with Crippen molar-refractivity contribution in [2.24, 2.45) is 5.92 Å². The van der Waals surface area contributed by atoms with Gasteiger partial charge in [-0.3, -0.25) is 0 Å². The van der Waals surface area contributed by atoms with Crippen molar-refractivity contribution in [2.45, 2.75) is 68.2 Å². The molecule has 0 saturated carbocycles. The highest BCUT2D eigenvalue weighted by atomic mass is 14.1. The Morgan fingerprint density at radius 3 is 1.95 bits per heavy atom. The van der Waals surface area contributed by atoms with Crippen LogP contribution in [0.25, 0.3) is 5.57 Å². The Morgan fingerprint density at radius 2 is 1.58 bits per heavy atom. The predicted molar refractivity (Wildman–Crippen MR) is 91.7 cm³/mol. The summed E-state index contributed by atoms with van der Waals surface area (Å²) in [6, 6.07) is 6.47. The summed E-state index contributed by atoms with van der Waals surface area (Å²) in [7, 11) is 0. The molecule has 0 nitrogen and oxygen atoms in total. The Bertz CT molecular complexity index is 342. The highest BCUT2D eigenvalue weighted by molar-refractivity contribution is 5.67. The van der Waals surface area contributed by atoms with Gasteiger partial charge in [0.15, 0.2) is 0 Å². The van der Waals surface area contributed by atoms with Gasteiger partial charge in [-0.2, -0.15) is 0 Å². The molecule has 0 aliphatic carbocycles. The number of rotatable bonds is 3. The second-order valence-electron chi connectivity index (χ2n) is 5.14. The van der Waals surface area contributed by atoms with Crippen LogP contribution < -0.4 is 0 Å². The van der Waals surface area contributed by atoms with Gasteiger partial charge < -0.3 is 0 Å². The van der Waals surface area contributed by atoms with E-state index in [1.54, 1.807) is 0 Å². The zero-order valence-corrected chi connectivity index (χ0v) is 14.4. The first kappa shape index (κ1) is 20.3. The van der Waals surface area contributed by atoms with Crippen molar-refractivity contribution in [3.8, 4) is 0 Å². The maximum atomic E-state index is 4.09. The maximum Gasteiger partial charge on any atom is -0.0196 e. The number of hydrogen-bond donors (Lipinski definition) is 0. The molecule has 0 heterocycles. The van der Waals surface area contributed by atoms with Gasteiger partial charge in [0.2, 0.25) is 0 Å². The average molecular weight is 262 g/mol. The van der Waals surface area contributed by atoms with E-state index in [2.05, 4.69) is 66.3 Å². The normalized spacial score (nSPS) is 9.11. The molecular formula is C19H34. The predicted octanol–water partition coefficient (Wildman–Crippen LogP) is 6.67. The number of benzene rings is 1. The van der Waals surface area contributed by atoms with E-state index in [1.807, 2.05) is 13.8 Å². The minimum absolute atomic E-state index is 0.833. The number of aryl methyl sites for hydroxylation is 1. The van der Waals surface area contributed by atoms with Gasteiger partial charge in [-0.25, -0.2) is 0 Å². The molecule has 0 saturated heterocycles. The van der Waals surface area contributed by atoms with Crippen LogP contribution in [0.2, 0.25) is 0 Å². The van der Waals surface area contributed by atoms with Crippen LogP contribution in [0, 0.1) is 12.8 Å². The third-order valence-corrected chi connectivity index (χ3v) is 2.57. The van der Waals surface area contributed by atoms with Gasteiger partial charge in [0.1, 0.15) is 0 Å². The summed E-state index contributed by atoms with van der Waals surface area (Å²) in [5.74, 6) is 0.833. The van der Waals surface area contributed by atoms with Crippen molar-refractivity contribution in [3.63, 3.8) is 0 Å². The third kappa shape index (κ3) is 8.64. The summed E-state index contributed by atoms with van der Waals surface area (Å²) < 4.78 is 0. The van der Waals surface area contributed by atoms with Gasteiger partial charge in [-0.05, 0) is 47.9 Å². The zero-order chi connectivity index (χ0) is 15.4. The fourth-order valence-electron chi connectivity index (χ4n) is 1.69. The first-order valence-electron chi connectivity index (χ1n) is 7.70. The summed E-state index contributed by atoms with van der Waals surface area (Å²) in [6.45, 7) is 21.1. The topological polar surface area (TPSA) is 0 Å². The lowest BCUT2D eigenvalue weighted by Crippen LogP contribution is -1.94. The van der Waals surface area contributed by atoms with Crippen molar-refractivity contribution >= 4 is 5.57 Å². The van der Waals surface area contributed by atoms with E-state index in [0.717, 1.165) is 18.8 Å². The SMILES string of the molecule is C=C(CC)c1cccc(C)c1CC.CC.CC(C)C. The molecule has 0 amide bonds. The third-order valence-electron chi connectivity index (χ3n) is 2.57. The van der Waals surface area contributed by atoms with E-state index in [4.69, 9.17) is 0 Å². The Kier molecular flexibility index (Phi) is 12.8. The van der Waals surface area contributed by atoms with E-state index in [0.29, 0.717) is 0 Å². The highest BCUT2D eigenvalue weighted by Gasteiger charge is 2.04. The van der Waals surface area contributed by atoms with Gasteiger partial charge in [0.05, 0.1) is 0 Å². The van der Waals surface area contributed by atoms with Crippen molar-refractivity contribution in [1.82, 2.24) is 0 Å². The van der Waals surface area contributed by atoms with E-state index in [1.165, 1.54) is 22.3 Å². The van der Waals surface area contributed by atoms with Crippen molar-refractivity contribution < 1.29 is 0 Å². The number of allylic oxidation sites excluding steroid dienone is 1. The first-order chi connectivity index (χ1) is 8.93. The molecule has 0 unspecified atom stereocenters. The molecule has 0 aromatic heterocycles. The van der Waals surface area contributed by atoms with Crippen molar-refractivity contribution in [2.75, 3.05) is 0 Å². The van der Waals surface area contributed by atoms with Crippen LogP contribution in [0.5, 0.6) is 0 Å². The summed E-state index contributed by atoms with van der Waals surface area (Å²) in [6.07, 6.45) is 2.14. The molecule has 0 bridgehead atoms. The van der Waals surface area contributed by atoms with Gasteiger partial charge >= 0.3 is 0 Å². The van der Waals surface area contributed by atoms with Gasteiger partial charge in [0.25, 0.3) is 0 Å². The summed E-state index contributed by atoms with van der Waals surface area (Å²) in [5.41, 5.74) is 5.44. The van der Waals surface area contributed by atoms with Crippen LogP contribution in [0.15, 0.2) is 24.8 Å². The molecule has 110 valence electrons. The van der Waals surface area contributed by atoms with Crippen LogP contribution in [0.3, 0.4) is 0 Å². The van der Waals surface area contributed by atoms with Crippen molar-refractivity contribution in [1.29, 1.82) is 0 Å². The minimum Gasteiger partial charge on any atom is -0.0952 e. The summed E-state index contributed by atoms with van der Waals surface area (Å²) >= 11 is 0. The molecule has 1 aromatic rings. The molecule has 19 heavy (non-hydrogen) atoms. The van der Waals surface area contributed by atoms with Crippen LogP contribution in [0.4, 0.5) is 0 Å². The smallest absolute Gasteiger partial charge is 0.0196 e. The fourth-order valence-corrected chi connectivity index (χ4v) is 1.69. The Hall–Kier alpha value is -1.04. The summed E-state index contributed by atoms with van der Waals surface area (Å²) in [5, 5.41) is 0. The van der Waals surface area contributed by atoms with Gasteiger partial charge in [0, 0.05) is 0 Å². The van der Waals surface area contributed by atoms with E-state index >= 15 is 0 Å². The monoisotopic (exact) mass is 262 g/mol. The minimum atomic E-state index is 0.833. The molecule has 0 radical (unpaired) electrons. The zero-order valence-electron chi connectivity index (χ0n) is 14.4.